The first kappa shape index (κ1) is 20.3. The van der Waals surface area contributed by atoms with E-state index >= 15 is 0 Å². The zero-order valence-electron chi connectivity index (χ0n) is 16.2. The molecule has 0 saturated carbocycles. The molecule has 2 nitrogen and oxygen atoms in total. The Morgan fingerprint density at radius 1 is 0.852 bits per heavy atom. The minimum absolute atomic E-state index is 0.417. The summed E-state index contributed by atoms with van der Waals surface area (Å²) in [6.45, 7) is 5.62. The topological polar surface area (TPSA) is 18.5 Å². The fraction of sp³-hybridized carbons (Fsp3) is 0.391. The van der Waals surface area contributed by atoms with Gasteiger partial charge in [0.1, 0.15) is 0 Å². The number of benzene rings is 2. The van der Waals surface area contributed by atoms with Gasteiger partial charge in [0, 0.05) is 13.2 Å². The Balaban J connectivity index is 0.000000197. The van der Waals surface area contributed by atoms with E-state index in [2.05, 4.69) is 67.2 Å². The van der Waals surface area contributed by atoms with Crippen LogP contribution < -0.4 is 10.4 Å². The molecule has 0 spiro atoms. The van der Waals surface area contributed by atoms with Crippen LogP contribution in [0.5, 0.6) is 0 Å². The van der Waals surface area contributed by atoms with Crippen LogP contribution in [-0.4, -0.2) is 30.6 Å². The highest BCUT2D eigenvalue weighted by Gasteiger charge is 2.40. The molecular weight excluding hydrogens is 364 g/mol. The Bertz CT molecular complexity index is 622. The summed E-state index contributed by atoms with van der Waals surface area (Å²) in [6.07, 6.45) is 7.12. The van der Waals surface area contributed by atoms with Gasteiger partial charge < -0.3 is 8.85 Å². The Morgan fingerprint density at radius 2 is 1.48 bits per heavy atom. The normalized spacial score (nSPS) is 19.6. The average Bonchev–Trinajstić information content (AvgIpc) is 2.77. The minimum atomic E-state index is -1.93. The largest absolute Gasteiger partial charge is 0.416 e. The van der Waals surface area contributed by atoms with Crippen molar-refractivity contribution in [3.8, 4) is 0 Å². The highest BCUT2D eigenvalue weighted by molar-refractivity contribution is 6.97. The Kier molecular flexibility index (Phi) is 8.08. The molecule has 4 rings (SSSR count). The number of hydrogen-bond acceptors (Lipinski definition) is 2. The zero-order chi connectivity index (χ0) is 18.8. The lowest BCUT2D eigenvalue weighted by molar-refractivity contribution is 0.284. The maximum absolute atomic E-state index is 6.38. The standard InChI is InChI=1S/C16H18OSi.C7H13OSi/c1-3-9-15(10-4-1)18(14-8-7-13-17-18)16-11-5-2-6-12-16;1-2-6-9-7-4-3-5-8-9/h1-6,9-12H,7-8,13-14H2;2H,1,3-7H2. The van der Waals surface area contributed by atoms with Crippen molar-refractivity contribution in [2.24, 2.45) is 0 Å². The minimum Gasteiger partial charge on any atom is -0.416 e. The van der Waals surface area contributed by atoms with Crippen molar-refractivity contribution < 1.29 is 8.85 Å². The van der Waals surface area contributed by atoms with E-state index in [4.69, 9.17) is 8.85 Å². The van der Waals surface area contributed by atoms with Gasteiger partial charge in [0.25, 0.3) is 8.32 Å². The van der Waals surface area contributed by atoms with Crippen molar-refractivity contribution in [1.29, 1.82) is 0 Å². The van der Waals surface area contributed by atoms with Gasteiger partial charge in [0.15, 0.2) is 0 Å². The molecule has 0 aliphatic carbocycles. The van der Waals surface area contributed by atoms with E-state index in [0.29, 0.717) is 0 Å². The van der Waals surface area contributed by atoms with Crippen LogP contribution in [0, 0.1) is 0 Å². The molecule has 27 heavy (non-hydrogen) atoms. The Labute approximate surface area is 167 Å². The molecule has 143 valence electrons. The molecule has 0 aromatic heterocycles. The first-order chi connectivity index (χ1) is 13.3. The third-order valence-electron chi connectivity index (χ3n) is 5.28. The second-order valence-electron chi connectivity index (χ2n) is 7.20. The number of allylic oxidation sites excluding steroid dienone is 1. The molecule has 2 fully saturated rings. The van der Waals surface area contributed by atoms with Gasteiger partial charge in [0.05, 0.1) is 0 Å². The summed E-state index contributed by atoms with van der Waals surface area (Å²) in [7, 11) is -2.35. The SMILES string of the molecule is C=CC[Si]1CCCCO1.c1ccc([Si]2(c3ccccc3)CCCCO2)cc1. The van der Waals surface area contributed by atoms with Crippen molar-refractivity contribution >= 4 is 27.7 Å². The van der Waals surface area contributed by atoms with Crippen LogP contribution in [-0.2, 0) is 8.85 Å². The van der Waals surface area contributed by atoms with Crippen LogP contribution in [0.4, 0.5) is 0 Å². The lowest BCUT2D eigenvalue weighted by Crippen LogP contribution is -2.62. The molecule has 4 heteroatoms. The molecule has 2 aromatic carbocycles. The van der Waals surface area contributed by atoms with Crippen LogP contribution in [0.2, 0.25) is 18.1 Å². The van der Waals surface area contributed by atoms with Gasteiger partial charge in [0.2, 0.25) is 9.04 Å². The van der Waals surface area contributed by atoms with Crippen LogP contribution in [0.1, 0.15) is 25.7 Å². The Morgan fingerprint density at radius 3 is 1.96 bits per heavy atom. The van der Waals surface area contributed by atoms with Gasteiger partial charge in [-0.05, 0) is 41.3 Å². The first-order valence-corrected chi connectivity index (χ1v) is 14.1. The summed E-state index contributed by atoms with van der Waals surface area (Å²) in [5.74, 6) is 0. The lowest BCUT2D eigenvalue weighted by atomic mass is 10.3. The van der Waals surface area contributed by atoms with Crippen LogP contribution in [0.3, 0.4) is 0 Å². The molecule has 2 aliphatic rings. The summed E-state index contributed by atoms with van der Waals surface area (Å²) in [5, 5.41) is 2.83. The van der Waals surface area contributed by atoms with Gasteiger partial charge in [-0.2, -0.15) is 0 Å². The lowest BCUT2D eigenvalue weighted by Gasteiger charge is -2.35. The van der Waals surface area contributed by atoms with E-state index < -0.39 is 17.4 Å². The van der Waals surface area contributed by atoms with E-state index in [-0.39, 0.29) is 0 Å². The summed E-state index contributed by atoms with van der Waals surface area (Å²) >= 11 is 0. The summed E-state index contributed by atoms with van der Waals surface area (Å²) in [4.78, 5) is 0. The molecule has 2 aromatic rings. The van der Waals surface area contributed by atoms with Crippen molar-refractivity contribution in [2.75, 3.05) is 13.2 Å². The Hall–Kier alpha value is -1.47. The molecule has 2 heterocycles. The highest BCUT2D eigenvalue weighted by Crippen LogP contribution is 2.21. The van der Waals surface area contributed by atoms with Crippen molar-refractivity contribution in [3.05, 3.63) is 73.3 Å². The van der Waals surface area contributed by atoms with Crippen LogP contribution in [0.25, 0.3) is 0 Å². The molecule has 0 amide bonds. The fourth-order valence-corrected chi connectivity index (χ4v) is 9.82. The van der Waals surface area contributed by atoms with Crippen LogP contribution in [0.15, 0.2) is 73.3 Å². The summed E-state index contributed by atoms with van der Waals surface area (Å²) < 4.78 is 11.9. The van der Waals surface area contributed by atoms with Gasteiger partial charge in [-0.25, -0.2) is 0 Å². The smallest absolute Gasteiger partial charge is 0.255 e. The molecule has 1 radical (unpaired) electrons. The molecule has 0 unspecified atom stereocenters. The second kappa shape index (κ2) is 10.8. The molecule has 0 N–H and O–H groups in total. The molecule has 2 aliphatic heterocycles. The van der Waals surface area contributed by atoms with Gasteiger partial charge in [-0.1, -0.05) is 79.6 Å². The van der Waals surface area contributed by atoms with Gasteiger partial charge in [-0.15, -0.1) is 6.58 Å². The van der Waals surface area contributed by atoms with Crippen molar-refractivity contribution in [2.45, 2.75) is 43.8 Å². The van der Waals surface area contributed by atoms with E-state index in [1.807, 2.05) is 6.08 Å². The number of rotatable bonds is 4. The predicted molar refractivity (Wildman–Crippen MR) is 119 cm³/mol. The van der Waals surface area contributed by atoms with E-state index in [9.17, 15) is 0 Å². The maximum Gasteiger partial charge on any atom is 0.255 e. The van der Waals surface area contributed by atoms with Crippen molar-refractivity contribution in [3.63, 3.8) is 0 Å². The third-order valence-corrected chi connectivity index (χ3v) is 11.8. The maximum atomic E-state index is 6.38. The molecular formula is C23H31O2Si2. The zero-order valence-corrected chi connectivity index (χ0v) is 18.2. The fourth-order valence-electron chi connectivity index (χ4n) is 3.87. The van der Waals surface area contributed by atoms with E-state index in [1.165, 1.54) is 48.1 Å². The highest BCUT2D eigenvalue weighted by atomic mass is 28.4. The molecule has 0 atom stereocenters. The summed E-state index contributed by atoms with van der Waals surface area (Å²) in [6, 6.07) is 25.3. The van der Waals surface area contributed by atoms with E-state index in [1.54, 1.807) is 0 Å². The predicted octanol–water partition coefficient (Wildman–Crippen LogP) is 4.53. The first-order valence-electron chi connectivity index (χ1n) is 10.2. The van der Waals surface area contributed by atoms with E-state index in [0.717, 1.165) is 19.3 Å². The number of hydrogen-bond donors (Lipinski definition) is 0. The second-order valence-corrected chi connectivity index (χ2v) is 13.1. The van der Waals surface area contributed by atoms with Gasteiger partial charge >= 0.3 is 0 Å². The van der Waals surface area contributed by atoms with Crippen molar-refractivity contribution in [1.82, 2.24) is 0 Å². The quantitative estimate of drug-likeness (QED) is 0.559. The third kappa shape index (κ3) is 5.51. The van der Waals surface area contributed by atoms with Gasteiger partial charge in [-0.3, -0.25) is 0 Å². The average molecular weight is 396 g/mol. The monoisotopic (exact) mass is 395 g/mol. The molecule has 2 saturated heterocycles. The summed E-state index contributed by atoms with van der Waals surface area (Å²) in [5.41, 5.74) is 0. The molecule has 0 bridgehead atoms. The van der Waals surface area contributed by atoms with Crippen LogP contribution >= 0.6 is 0 Å².